The van der Waals surface area contributed by atoms with Gasteiger partial charge in [-0.15, -0.1) is 0 Å². The fraction of sp³-hybridized carbons (Fsp3) is 0.200. The number of nitrogens with zero attached hydrogens (tertiary/aromatic N) is 1. The van der Waals surface area contributed by atoms with E-state index in [2.05, 4.69) is 10.3 Å². The van der Waals surface area contributed by atoms with Gasteiger partial charge in [-0.2, -0.15) is 0 Å². The molecule has 0 bridgehead atoms. The van der Waals surface area contributed by atoms with Crippen molar-refractivity contribution in [3.05, 3.63) is 42.2 Å². The van der Waals surface area contributed by atoms with Gasteiger partial charge in [0.05, 0.1) is 21.3 Å². The van der Waals surface area contributed by atoms with Crippen LogP contribution in [0.15, 0.2) is 36.7 Å². The van der Waals surface area contributed by atoms with Gasteiger partial charge in [-0.25, -0.2) is 0 Å². The van der Waals surface area contributed by atoms with Crippen LogP contribution in [0.3, 0.4) is 0 Å². The number of methoxy groups -OCH3 is 3. The molecule has 2 rings (SSSR count). The van der Waals surface area contributed by atoms with E-state index < -0.39 is 0 Å². The lowest BCUT2D eigenvalue weighted by Gasteiger charge is -2.14. The lowest BCUT2D eigenvalue weighted by atomic mass is 10.2. The van der Waals surface area contributed by atoms with Gasteiger partial charge in [-0.1, -0.05) is 0 Å². The third-order valence-electron chi connectivity index (χ3n) is 2.87. The molecule has 0 radical (unpaired) electrons. The number of nitrogens with one attached hydrogen (secondary N) is 1. The molecule has 0 fully saturated rings. The Morgan fingerprint density at radius 1 is 1.00 bits per heavy atom. The van der Waals surface area contributed by atoms with Crippen LogP contribution in [0.2, 0.25) is 0 Å². The van der Waals surface area contributed by atoms with E-state index in [-0.39, 0.29) is 5.91 Å². The molecule has 0 aliphatic rings. The second-order valence-corrected chi connectivity index (χ2v) is 4.10. The van der Waals surface area contributed by atoms with Crippen LogP contribution in [-0.2, 0) is 0 Å². The van der Waals surface area contributed by atoms with Crippen LogP contribution < -0.4 is 19.5 Å². The predicted molar refractivity (Wildman–Crippen MR) is 78.3 cm³/mol. The third-order valence-corrected chi connectivity index (χ3v) is 2.87. The fourth-order valence-electron chi connectivity index (χ4n) is 1.86. The van der Waals surface area contributed by atoms with Gasteiger partial charge in [0.1, 0.15) is 0 Å². The first-order valence-electron chi connectivity index (χ1n) is 6.21. The van der Waals surface area contributed by atoms with Gasteiger partial charge in [-0.05, 0) is 12.1 Å². The number of rotatable bonds is 5. The summed E-state index contributed by atoms with van der Waals surface area (Å²) in [5.41, 5.74) is 1.06. The van der Waals surface area contributed by atoms with Crippen molar-refractivity contribution in [1.29, 1.82) is 0 Å². The zero-order valence-electron chi connectivity index (χ0n) is 12.0. The predicted octanol–water partition coefficient (Wildman–Crippen LogP) is 2.36. The number of pyridine rings is 1. The Morgan fingerprint density at radius 3 is 2.05 bits per heavy atom. The molecule has 1 aromatic carbocycles. The van der Waals surface area contributed by atoms with E-state index in [0.717, 1.165) is 0 Å². The third kappa shape index (κ3) is 3.22. The van der Waals surface area contributed by atoms with E-state index in [1.807, 2.05) is 0 Å². The summed E-state index contributed by atoms with van der Waals surface area (Å²) < 4.78 is 15.7. The molecule has 0 saturated carbocycles. The molecule has 0 spiro atoms. The molecule has 6 heteroatoms. The monoisotopic (exact) mass is 288 g/mol. The zero-order chi connectivity index (χ0) is 15.2. The van der Waals surface area contributed by atoms with Crippen molar-refractivity contribution in [3.8, 4) is 17.2 Å². The topological polar surface area (TPSA) is 69.7 Å². The second-order valence-electron chi connectivity index (χ2n) is 4.10. The number of aromatic nitrogens is 1. The fourth-order valence-corrected chi connectivity index (χ4v) is 1.86. The average molecular weight is 288 g/mol. The summed E-state index contributed by atoms with van der Waals surface area (Å²) in [6.45, 7) is 0. The summed E-state index contributed by atoms with van der Waals surface area (Å²) >= 11 is 0. The number of anilines is 1. The van der Waals surface area contributed by atoms with Gasteiger partial charge in [0.15, 0.2) is 11.5 Å². The Balaban J connectivity index is 2.30. The SMILES string of the molecule is COc1cc(NC(=O)c2ccncc2)cc(OC)c1OC. The van der Waals surface area contributed by atoms with Gasteiger partial charge >= 0.3 is 0 Å². The number of carbonyl (C=O) groups is 1. The van der Waals surface area contributed by atoms with Crippen LogP contribution in [0.5, 0.6) is 17.2 Å². The molecule has 0 unspecified atom stereocenters. The van der Waals surface area contributed by atoms with E-state index in [4.69, 9.17) is 14.2 Å². The summed E-state index contributed by atoms with van der Waals surface area (Å²) in [5, 5.41) is 2.78. The van der Waals surface area contributed by atoms with Crippen LogP contribution in [0.25, 0.3) is 0 Å². The molecule has 0 saturated heterocycles. The molecule has 2 aromatic rings. The molecule has 1 aromatic heterocycles. The summed E-state index contributed by atoms with van der Waals surface area (Å²) in [5.74, 6) is 1.18. The highest BCUT2D eigenvalue weighted by Crippen LogP contribution is 2.39. The first-order valence-corrected chi connectivity index (χ1v) is 6.21. The summed E-state index contributed by atoms with van der Waals surface area (Å²) in [6, 6.07) is 6.60. The molecule has 1 amide bonds. The van der Waals surface area contributed by atoms with Crippen LogP contribution >= 0.6 is 0 Å². The van der Waals surface area contributed by atoms with Crippen LogP contribution in [0.1, 0.15) is 10.4 Å². The number of benzene rings is 1. The average Bonchev–Trinajstić information content (AvgIpc) is 2.54. The van der Waals surface area contributed by atoms with E-state index in [1.165, 1.54) is 21.3 Å². The molecule has 110 valence electrons. The Bertz CT molecular complexity index is 604. The molecule has 21 heavy (non-hydrogen) atoms. The van der Waals surface area contributed by atoms with Gasteiger partial charge in [-0.3, -0.25) is 9.78 Å². The number of ether oxygens (including phenoxy) is 3. The minimum Gasteiger partial charge on any atom is -0.493 e. The molecular weight excluding hydrogens is 272 g/mol. The minimum atomic E-state index is -0.244. The van der Waals surface area contributed by atoms with E-state index >= 15 is 0 Å². The van der Waals surface area contributed by atoms with Crippen molar-refractivity contribution >= 4 is 11.6 Å². The molecule has 1 heterocycles. The van der Waals surface area contributed by atoms with Crippen molar-refractivity contribution in [2.24, 2.45) is 0 Å². The summed E-state index contributed by atoms with van der Waals surface area (Å²) in [4.78, 5) is 16.0. The van der Waals surface area contributed by atoms with Crippen molar-refractivity contribution in [1.82, 2.24) is 4.98 Å². The maximum Gasteiger partial charge on any atom is 0.255 e. The highest BCUT2D eigenvalue weighted by Gasteiger charge is 2.14. The Kier molecular flexibility index (Phi) is 4.61. The largest absolute Gasteiger partial charge is 0.493 e. The van der Waals surface area contributed by atoms with Crippen molar-refractivity contribution in [2.75, 3.05) is 26.6 Å². The minimum absolute atomic E-state index is 0.244. The van der Waals surface area contributed by atoms with Gasteiger partial charge in [0.25, 0.3) is 5.91 Å². The second kappa shape index (κ2) is 6.60. The molecule has 0 aliphatic heterocycles. The quantitative estimate of drug-likeness (QED) is 0.914. The smallest absolute Gasteiger partial charge is 0.255 e. The Hall–Kier alpha value is -2.76. The Morgan fingerprint density at radius 2 is 1.57 bits per heavy atom. The number of hydrogen-bond acceptors (Lipinski definition) is 5. The number of amides is 1. The van der Waals surface area contributed by atoms with E-state index in [9.17, 15) is 4.79 Å². The number of hydrogen-bond donors (Lipinski definition) is 1. The van der Waals surface area contributed by atoms with Gasteiger partial charge in [0.2, 0.25) is 5.75 Å². The number of carbonyl (C=O) groups excluding carboxylic acids is 1. The van der Waals surface area contributed by atoms with Crippen LogP contribution in [0.4, 0.5) is 5.69 Å². The van der Waals surface area contributed by atoms with Crippen molar-refractivity contribution < 1.29 is 19.0 Å². The van der Waals surface area contributed by atoms with Crippen LogP contribution in [0, 0.1) is 0 Å². The standard InChI is InChI=1S/C15H16N2O4/c1-19-12-8-11(9-13(20-2)14(12)21-3)17-15(18)10-4-6-16-7-5-10/h4-9H,1-3H3,(H,17,18). The zero-order valence-corrected chi connectivity index (χ0v) is 12.0. The Labute approximate surface area is 122 Å². The van der Waals surface area contributed by atoms with E-state index in [0.29, 0.717) is 28.5 Å². The van der Waals surface area contributed by atoms with Crippen molar-refractivity contribution in [2.45, 2.75) is 0 Å². The van der Waals surface area contributed by atoms with Crippen molar-refractivity contribution in [3.63, 3.8) is 0 Å². The van der Waals surface area contributed by atoms with E-state index in [1.54, 1.807) is 36.7 Å². The first kappa shape index (κ1) is 14.6. The molecule has 6 nitrogen and oxygen atoms in total. The highest BCUT2D eigenvalue weighted by atomic mass is 16.5. The molecule has 0 aliphatic carbocycles. The normalized spacial score (nSPS) is 9.86. The summed E-state index contributed by atoms with van der Waals surface area (Å²) in [6.07, 6.45) is 3.12. The maximum absolute atomic E-state index is 12.1. The lowest BCUT2D eigenvalue weighted by Crippen LogP contribution is -2.12. The molecular formula is C15H16N2O4. The highest BCUT2D eigenvalue weighted by molar-refractivity contribution is 6.04. The van der Waals surface area contributed by atoms with Gasteiger partial charge < -0.3 is 19.5 Å². The molecule has 1 N–H and O–H groups in total. The molecule has 0 atom stereocenters. The maximum atomic E-state index is 12.1. The van der Waals surface area contributed by atoms with Crippen LogP contribution in [-0.4, -0.2) is 32.2 Å². The lowest BCUT2D eigenvalue weighted by molar-refractivity contribution is 0.102. The summed E-state index contributed by atoms with van der Waals surface area (Å²) in [7, 11) is 4.56. The van der Waals surface area contributed by atoms with Gasteiger partial charge in [0, 0.05) is 35.8 Å². The first-order chi connectivity index (χ1) is 10.2.